The molecule has 0 aromatic carbocycles. The van der Waals surface area contributed by atoms with Crippen molar-refractivity contribution >= 4 is 22.9 Å². The van der Waals surface area contributed by atoms with Gasteiger partial charge in [0.25, 0.3) is 0 Å². The first-order chi connectivity index (χ1) is 6.93. The van der Waals surface area contributed by atoms with Crippen LogP contribution in [0.3, 0.4) is 0 Å². The molecule has 0 amide bonds. The fourth-order valence-electron chi connectivity index (χ4n) is 3.45. The van der Waals surface area contributed by atoms with Crippen molar-refractivity contribution in [1.29, 1.82) is 0 Å². The summed E-state index contributed by atoms with van der Waals surface area (Å²) in [6.45, 7) is 6.48. The van der Waals surface area contributed by atoms with Crippen molar-refractivity contribution in [2.24, 2.45) is 16.7 Å². The monoisotopic (exact) mass is 224 g/mol. The molecule has 2 heteroatoms. The fraction of sp³-hybridized carbons (Fsp3) is 0.846. The van der Waals surface area contributed by atoms with E-state index in [4.69, 9.17) is 12.2 Å². The van der Waals surface area contributed by atoms with Crippen LogP contribution in [0.1, 0.15) is 52.9 Å². The first-order valence-corrected chi connectivity index (χ1v) is 6.38. The van der Waals surface area contributed by atoms with Crippen molar-refractivity contribution in [3.05, 3.63) is 0 Å². The molecule has 3 fully saturated rings. The maximum atomic E-state index is 12.2. The van der Waals surface area contributed by atoms with Gasteiger partial charge in [0.15, 0.2) is 0 Å². The molecule has 0 aromatic rings. The zero-order valence-electron chi connectivity index (χ0n) is 9.93. The highest BCUT2D eigenvalue weighted by molar-refractivity contribution is 7.80. The molecular formula is C13H20OS. The Hall–Kier alpha value is -0.240. The van der Waals surface area contributed by atoms with E-state index in [0.717, 1.165) is 24.1 Å². The van der Waals surface area contributed by atoms with E-state index in [1.165, 1.54) is 12.8 Å². The Balaban J connectivity index is 2.31. The van der Waals surface area contributed by atoms with Gasteiger partial charge in [-0.05, 0) is 43.9 Å². The number of ketones is 1. The number of thiocarbonyl (C=S) groups is 1. The number of rotatable bonds is 2. The van der Waals surface area contributed by atoms with Crippen LogP contribution in [0.4, 0.5) is 0 Å². The third kappa shape index (κ3) is 1.41. The highest BCUT2D eigenvalue weighted by Crippen LogP contribution is 2.58. The molecule has 3 aliphatic carbocycles. The summed E-state index contributed by atoms with van der Waals surface area (Å²) in [4.78, 5) is 13.2. The topological polar surface area (TPSA) is 17.1 Å². The minimum Gasteiger partial charge on any atom is -0.299 e. The predicted molar refractivity (Wildman–Crippen MR) is 66.1 cm³/mol. The molecule has 0 saturated heterocycles. The lowest BCUT2D eigenvalue weighted by atomic mass is 9.49. The quantitative estimate of drug-likeness (QED) is 0.667. The average molecular weight is 224 g/mol. The molecule has 15 heavy (non-hydrogen) atoms. The van der Waals surface area contributed by atoms with Gasteiger partial charge in [-0.3, -0.25) is 4.79 Å². The number of carbonyl (C=O) groups is 1. The Morgan fingerprint density at radius 3 is 2.13 bits per heavy atom. The Bertz CT molecular complexity index is 308. The molecule has 1 nitrogen and oxygen atoms in total. The van der Waals surface area contributed by atoms with Crippen LogP contribution in [-0.4, -0.2) is 10.6 Å². The Labute approximate surface area is 97.6 Å². The normalized spacial score (nSPS) is 39.9. The van der Waals surface area contributed by atoms with Crippen LogP contribution in [0, 0.1) is 16.7 Å². The number of carbonyl (C=O) groups excluding carboxylic acids is 1. The molecule has 0 spiro atoms. The van der Waals surface area contributed by atoms with Gasteiger partial charge >= 0.3 is 0 Å². The standard InChI is InChI=1S/C13H20OS/c1-9(2)12-4-6-13(7-5-12,10(3)15)11(14)8-12/h9H,4-8H2,1-3H3. The van der Waals surface area contributed by atoms with E-state index >= 15 is 0 Å². The Morgan fingerprint density at radius 2 is 1.80 bits per heavy atom. The van der Waals surface area contributed by atoms with Crippen LogP contribution in [0.15, 0.2) is 0 Å². The highest BCUT2D eigenvalue weighted by Gasteiger charge is 2.55. The summed E-state index contributed by atoms with van der Waals surface area (Å²) in [5.74, 6) is 1.06. The molecule has 0 unspecified atom stereocenters. The highest BCUT2D eigenvalue weighted by atomic mass is 32.1. The van der Waals surface area contributed by atoms with Crippen molar-refractivity contribution in [3.63, 3.8) is 0 Å². The molecule has 0 atom stereocenters. The maximum absolute atomic E-state index is 12.2. The van der Waals surface area contributed by atoms with Gasteiger partial charge < -0.3 is 0 Å². The third-order valence-corrected chi connectivity index (χ3v) is 5.44. The largest absolute Gasteiger partial charge is 0.299 e. The number of hydrogen-bond donors (Lipinski definition) is 0. The zero-order chi connectivity index (χ0) is 11.3. The van der Waals surface area contributed by atoms with Crippen LogP contribution in [0.5, 0.6) is 0 Å². The van der Waals surface area contributed by atoms with Gasteiger partial charge in [-0.1, -0.05) is 26.1 Å². The minimum atomic E-state index is -0.202. The van der Waals surface area contributed by atoms with Gasteiger partial charge in [0, 0.05) is 11.3 Å². The van der Waals surface area contributed by atoms with Crippen molar-refractivity contribution in [3.8, 4) is 0 Å². The molecule has 0 aromatic heterocycles. The second-order valence-corrected chi connectivity index (χ2v) is 6.37. The van der Waals surface area contributed by atoms with Crippen molar-refractivity contribution < 1.29 is 4.79 Å². The van der Waals surface area contributed by atoms with Crippen LogP contribution >= 0.6 is 12.2 Å². The van der Waals surface area contributed by atoms with Gasteiger partial charge in [0.05, 0.1) is 5.41 Å². The summed E-state index contributed by atoms with van der Waals surface area (Å²) >= 11 is 5.31. The summed E-state index contributed by atoms with van der Waals surface area (Å²) in [6, 6.07) is 0. The zero-order valence-corrected chi connectivity index (χ0v) is 10.7. The van der Waals surface area contributed by atoms with Gasteiger partial charge in [-0.25, -0.2) is 0 Å². The fourth-order valence-corrected chi connectivity index (χ4v) is 3.77. The summed E-state index contributed by atoms with van der Waals surface area (Å²) < 4.78 is 0. The molecule has 3 aliphatic rings. The molecule has 3 rings (SSSR count). The van der Waals surface area contributed by atoms with Gasteiger partial charge in [-0.2, -0.15) is 0 Å². The first kappa shape index (κ1) is 11.3. The average Bonchev–Trinajstić information content (AvgIpc) is 2.18. The molecule has 0 heterocycles. The van der Waals surface area contributed by atoms with Gasteiger partial charge in [0.2, 0.25) is 0 Å². The Morgan fingerprint density at radius 1 is 1.27 bits per heavy atom. The SMILES string of the molecule is CC(=S)C12CCC(C(C)C)(CC1)CC2=O. The van der Waals surface area contributed by atoms with E-state index in [1.54, 1.807) is 0 Å². The van der Waals surface area contributed by atoms with E-state index in [-0.39, 0.29) is 5.41 Å². The number of Topliss-reactive ketones (excluding diaryl/α,β-unsaturated/α-hetero) is 1. The van der Waals surface area contributed by atoms with E-state index < -0.39 is 0 Å². The van der Waals surface area contributed by atoms with Gasteiger partial charge in [0.1, 0.15) is 5.78 Å². The lowest BCUT2D eigenvalue weighted by Crippen LogP contribution is -2.53. The van der Waals surface area contributed by atoms with E-state index in [9.17, 15) is 4.79 Å². The second-order valence-electron chi connectivity index (χ2n) is 5.76. The van der Waals surface area contributed by atoms with Crippen LogP contribution in [-0.2, 0) is 4.79 Å². The number of fused-ring (bicyclic) bond motifs is 3. The predicted octanol–water partition coefficient (Wildman–Crippen LogP) is 3.55. The lowest BCUT2D eigenvalue weighted by Gasteiger charge is -2.54. The molecule has 0 aliphatic heterocycles. The van der Waals surface area contributed by atoms with E-state index in [0.29, 0.717) is 17.1 Å². The lowest BCUT2D eigenvalue weighted by molar-refractivity contribution is -0.140. The van der Waals surface area contributed by atoms with Crippen molar-refractivity contribution in [2.75, 3.05) is 0 Å². The Kier molecular flexibility index (Phi) is 2.53. The first-order valence-electron chi connectivity index (χ1n) is 5.97. The van der Waals surface area contributed by atoms with Crippen LogP contribution in [0.2, 0.25) is 0 Å². The van der Waals surface area contributed by atoms with E-state index in [2.05, 4.69) is 13.8 Å². The van der Waals surface area contributed by atoms with Gasteiger partial charge in [-0.15, -0.1) is 0 Å². The van der Waals surface area contributed by atoms with Crippen molar-refractivity contribution in [1.82, 2.24) is 0 Å². The molecular weight excluding hydrogens is 204 g/mol. The van der Waals surface area contributed by atoms with Crippen LogP contribution < -0.4 is 0 Å². The maximum Gasteiger partial charge on any atom is 0.144 e. The number of hydrogen-bond acceptors (Lipinski definition) is 2. The summed E-state index contributed by atoms with van der Waals surface area (Å²) in [7, 11) is 0. The van der Waals surface area contributed by atoms with Crippen LogP contribution in [0.25, 0.3) is 0 Å². The molecule has 0 N–H and O–H groups in total. The summed E-state index contributed by atoms with van der Waals surface area (Å²) in [5, 5.41) is 0. The smallest absolute Gasteiger partial charge is 0.144 e. The summed E-state index contributed by atoms with van der Waals surface area (Å²) in [5.41, 5.74) is 0.107. The third-order valence-electron chi connectivity index (χ3n) is 5.04. The van der Waals surface area contributed by atoms with E-state index in [1.807, 2.05) is 6.92 Å². The molecule has 84 valence electrons. The van der Waals surface area contributed by atoms with Crippen molar-refractivity contribution in [2.45, 2.75) is 52.9 Å². The second kappa shape index (κ2) is 3.38. The summed E-state index contributed by atoms with van der Waals surface area (Å²) in [6.07, 6.45) is 5.20. The molecule has 3 saturated carbocycles. The molecule has 2 bridgehead atoms. The minimum absolute atomic E-state index is 0.202. The molecule has 0 radical (unpaired) electrons.